The third-order valence-corrected chi connectivity index (χ3v) is 4.99. The zero-order valence-corrected chi connectivity index (χ0v) is 14.7. The van der Waals surface area contributed by atoms with Gasteiger partial charge in [0.05, 0.1) is 11.7 Å². The molecule has 1 atom stereocenters. The Balaban J connectivity index is 1.83. The molecular formula is C19H22N2O2S. The van der Waals surface area contributed by atoms with Crippen LogP contribution in [0.5, 0.6) is 0 Å². The number of nitrogens with zero attached hydrogens (tertiary/aromatic N) is 2. The van der Waals surface area contributed by atoms with Crippen molar-refractivity contribution in [2.45, 2.75) is 30.4 Å². The summed E-state index contributed by atoms with van der Waals surface area (Å²) in [7, 11) is 0. The second-order valence-electron chi connectivity index (χ2n) is 5.88. The summed E-state index contributed by atoms with van der Waals surface area (Å²) >= 11 is 1.60. The number of carbonyl (C=O) groups excluding carboxylic acids is 1. The van der Waals surface area contributed by atoms with Crippen molar-refractivity contribution in [2.24, 2.45) is 0 Å². The summed E-state index contributed by atoms with van der Waals surface area (Å²) in [5, 5.41) is 0. The van der Waals surface area contributed by atoms with E-state index in [4.69, 9.17) is 4.74 Å². The molecule has 1 fully saturated rings. The van der Waals surface area contributed by atoms with Crippen LogP contribution < -0.4 is 0 Å². The summed E-state index contributed by atoms with van der Waals surface area (Å²) < 4.78 is 5.75. The Bertz CT molecular complexity index is 672. The van der Waals surface area contributed by atoms with Crippen molar-refractivity contribution in [2.75, 3.05) is 19.4 Å². The number of benzene rings is 1. The number of hydrogen-bond donors (Lipinski definition) is 0. The highest BCUT2D eigenvalue weighted by Gasteiger charge is 2.24. The predicted molar refractivity (Wildman–Crippen MR) is 96.2 cm³/mol. The number of hydrogen-bond acceptors (Lipinski definition) is 4. The van der Waals surface area contributed by atoms with Crippen LogP contribution >= 0.6 is 11.8 Å². The molecule has 1 unspecified atom stereocenters. The zero-order chi connectivity index (χ0) is 16.8. The Morgan fingerprint density at radius 1 is 1.29 bits per heavy atom. The van der Waals surface area contributed by atoms with E-state index < -0.39 is 0 Å². The van der Waals surface area contributed by atoms with E-state index >= 15 is 0 Å². The van der Waals surface area contributed by atoms with Gasteiger partial charge in [0.2, 0.25) is 0 Å². The smallest absolute Gasteiger partial charge is 0.255 e. The van der Waals surface area contributed by atoms with Gasteiger partial charge in [-0.3, -0.25) is 9.78 Å². The van der Waals surface area contributed by atoms with Crippen LogP contribution in [-0.2, 0) is 11.3 Å². The Morgan fingerprint density at radius 2 is 2.08 bits per heavy atom. The Hall–Kier alpha value is -1.85. The second-order valence-corrected chi connectivity index (χ2v) is 6.72. The van der Waals surface area contributed by atoms with Crippen molar-refractivity contribution < 1.29 is 9.53 Å². The highest BCUT2D eigenvalue weighted by molar-refractivity contribution is 7.98. The van der Waals surface area contributed by atoms with Gasteiger partial charge in [0.15, 0.2) is 0 Å². The van der Waals surface area contributed by atoms with Crippen LogP contribution in [0, 0.1) is 0 Å². The lowest BCUT2D eigenvalue weighted by Gasteiger charge is -2.26. The van der Waals surface area contributed by atoms with E-state index in [1.165, 1.54) is 0 Å². The molecule has 1 aromatic carbocycles. The van der Waals surface area contributed by atoms with Crippen LogP contribution in [0.15, 0.2) is 53.7 Å². The van der Waals surface area contributed by atoms with E-state index in [2.05, 4.69) is 4.98 Å². The zero-order valence-electron chi connectivity index (χ0n) is 13.9. The highest BCUT2D eigenvalue weighted by atomic mass is 32.2. The lowest BCUT2D eigenvalue weighted by atomic mass is 10.1. The van der Waals surface area contributed by atoms with Crippen LogP contribution in [-0.4, -0.2) is 41.3 Å². The summed E-state index contributed by atoms with van der Waals surface area (Å²) in [5.74, 6) is 0.0623. The van der Waals surface area contributed by atoms with Gasteiger partial charge in [-0.15, -0.1) is 11.8 Å². The fourth-order valence-electron chi connectivity index (χ4n) is 2.95. The van der Waals surface area contributed by atoms with Crippen molar-refractivity contribution in [1.82, 2.24) is 9.88 Å². The van der Waals surface area contributed by atoms with E-state index in [0.29, 0.717) is 13.1 Å². The summed E-state index contributed by atoms with van der Waals surface area (Å²) in [5.41, 5.74) is 1.84. The van der Waals surface area contributed by atoms with E-state index in [-0.39, 0.29) is 12.0 Å². The predicted octanol–water partition coefficient (Wildman–Crippen LogP) is 3.62. The molecule has 24 heavy (non-hydrogen) atoms. The first-order valence-electron chi connectivity index (χ1n) is 8.20. The SMILES string of the molecule is CSc1ccccc1C(=O)N(Cc1ccncc1)CC1CCCO1. The monoisotopic (exact) mass is 342 g/mol. The molecular weight excluding hydrogens is 320 g/mol. The maximum Gasteiger partial charge on any atom is 0.255 e. The molecule has 1 amide bonds. The summed E-state index contributed by atoms with van der Waals surface area (Å²) in [6.45, 7) is 2.00. The van der Waals surface area contributed by atoms with Crippen LogP contribution in [0.25, 0.3) is 0 Å². The highest BCUT2D eigenvalue weighted by Crippen LogP contribution is 2.23. The number of ether oxygens (including phenoxy) is 1. The molecule has 0 N–H and O–H groups in total. The van der Waals surface area contributed by atoms with E-state index in [1.54, 1.807) is 24.2 Å². The first-order chi connectivity index (χ1) is 11.8. The molecule has 1 saturated heterocycles. The number of rotatable bonds is 6. The maximum atomic E-state index is 13.2. The quantitative estimate of drug-likeness (QED) is 0.752. The Morgan fingerprint density at radius 3 is 2.79 bits per heavy atom. The van der Waals surface area contributed by atoms with Crippen molar-refractivity contribution in [1.29, 1.82) is 0 Å². The number of thioether (sulfide) groups is 1. The molecule has 0 bridgehead atoms. The molecule has 0 radical (unpaired) electrons. The van der Waals surface area contributed by atoms with Crippen LogP contribution in [0.1, 0.15) is 28.8 Å². The minimum atomic E-state index is 0.0623. The van der Waals surface area contributed by atoms with Gasteiger partial charge < -0.3 is 9.64 Å². The number of pyridine rings is 1. The largest absolute Gasteiger partial charge is 0.376 e. The molecule has 126 valence electrons. The van der Waals surface area contributed by atoms with Crippen LogP contribution in [0.2, 0.25) is 0 Å². The van der Waals surface area contributed by atoms with Crippen LogP contribution in [0.4, 0.5) is 0 Å². The van der Waals surface area contributed by atoms with Crippen LogP contribution in [0.3, 0.4) is 0 Å². The molecule has 2 aromatic rings. The Kier molecular flexibility index (Phi) is 5.88. The van der Waals surface area contributed by atoms with Crippen molar-refractivity contribution >= 4 is 17.7 Å². The average molecular weight is 342 g/mol. The summed E-state index contributed by atoms with van der Waals surface area (Å²) in [6.07, 6.45) is 7.75. The molecule has 3 rings (SSSR count). The normalized spacial score (nSPS) is 17.0. The third kappa shape index (κ3) is 4.16. The summed E-state index contributed by atoms with van der Waals surface area (Å²) in [6, 6.07) is 11.7. The third-order valence-electron chi connectivity index (χ3n) is 4.20. The Labute approximate surface area is 147 Å². The first-order valence-corrected chi connectivity index (χ1v) is 9.43. The topological polar surface area (TPSA) is 42.4 Å². The van der Waals surface area contributed by atoms with Gasteiger partial charge in [-0.2, -0.15) is 0 Å². The van der Waals surface area contributed by atoms with Crippen molar-refractivity contribution in [3.05, 3.63) is 59.9 Å². The van der Waals surface area contributed by atoms with E-state index in [1.807, 2.05) is 47.6 Å². The van der Waals surface area contributed by atoms with Gasteiger partial charge in [-0.05, 0) is 48.9 Å². The second kappa shape index (κ2) is 8.31. The number of carbonyl (C=O) groups is 1. The van der Waals surface area contributed by atoms with Crippen molar-refractivity contribution in [3.63, 3.8) is 0 Å². The van der Waals surface area contributed by atoms with Gasteiger partial charge in [-0.25, -0.2) is 0 Å². The molecule has 1 aliphatic rings. The molecule has 2 heterocycles. The van der Waals surface area contributed by atoms with Crippen molar-refractivity contribution in [3.8, 4) is 0 Å². The molecule has 0 spiro atoms. The minimum Gasteiger partial charge on any atom is -0.376 e. The van der Waals surface area contributed by atoms with Gasteiger partial charge in [0.25, 0.3) is 5.91 Å². The molecule has 5 heteroatoms. The maximum absolute atomic E-state index is 13.2. The summed E-state index contributed by atoms with van der Waals surface area (Å²) in [4.78, 5) is 20.1. The van der Waals surface area contributed by atoms with Gasteiger partial charge in [0.1, 0.15) is 0 Å². The van der Waals surface area contributed by atoms with Gasteiger partial charge >= 0.3 is 0 Å². The standard InChI is InChI=1S/C19H22N2O2S/c1-24-18-7-3-2-6-17(18)19(22)21(14-16-5-4-12-23-16)13-15-8-10-20-11-9-15/h2-3,6-11,16H,4-5,12-14H2,1H3. The molecule has 1 aliphatic heterocycles. The lowest BCUT2D eigenvalue weighted by molar-refractivity contribution is 0.0504. The van der Waals surface area contributed by atoms with E-state index in [9.17, 15) is 4.79 Å². The first kappa shape index (κ1) is 17.0. The minimum absolute atomic E-state index is 0.0623. The molecule has 0 saturated carbocycles. The molecule has 1 aromatic heterocycles. The number of amides is 1. The fourth-order valence-corrected chi connectivity index (χ4v) is 3.54. The molecule has 0 aliphatic carbocycles. The van der Waals surface area contributed by atoms with Gasteiger partial charge in [0, 0.05) is 37.0 Å². The molecule has 4 nitrogen and oxygen atoms in total. The average Bonchev–Trinajstić information content (AvgIpc) is 3.14. The van der Waals surface area contributed by atoms with E-state index in [0.717, 1.165) is 35.5 Å². The fraction of sp³-hybridized carbons (Fsp3) is 0.368. The lowest BCUT2D eigenvalue weighted by Crippen LogP contribution is -2.37. The van der Waals surface area contributed by atoms with Gasteiger partial charge in [-0.1, -0.05) is 12.1 Å². The number of aromatic nitrogens is 1.